The van der Waals surface area contributed by atoms with E-state index in [2.05, 4.69) is 5.32 Å². The Hall–Kier alpha value is -3.07. The highest BCUT2D eigenvalue weighted by Gasteiger charge is 2.33. The minimum atomic E-state index is -4.14. The molecule has 0 aliphatic rings. The molecule has 7 nitrogen and oxygen atoms in total. The van der Waals surface area contributed by atoms with Crippen molar-refractivity contribution < 1.29 is 18.0 Å². The number of carbonyl (C=O) groups is 2. The fourth-order valence-electron chi connectivity index (χ4n) is 4.05. The second kappa shape index (κ2) is 13.5. The molecule has 2 atom stereocenters. The van der Waals surface area contributed by atoms with Gasteiger partial charge in [0.1, 0.15) is 12.6 Å². The molecule has 3 rings (SSSR count). The number of rotatable bonds is 11. The van der Waals surface area contributed by atoms with Crippen LogP contribution < -0.4 is 9.62 Å². The highest BCUT2D eigenvalue weighted by atomic mass is 35.5. The van der Waals surface area contributed by atoms with Crippen molar-refractivity contribution in [3.8, 4) is 0 Å². The van der Waals surface area contributed by atoms with Crippen molar-refractivity contribution in [2.75, 3.05) is 10.8 Å². The fourth-order valence-corrected chi connectivity index (χ4v) is 5.97. The van der Waals surface area contributed by atoms with Crippen LogP contribution in [0.4, 0.5) is 5.69 Å². The fraction of sp³-hybridized carbons (Fsp3) is 0.333. The van der Waals surface area contributed by atoms with Crippen molar-refractivity contribution in [3.63, 3.8) is 0 Å². The molecule has 214 valence electrons. The van der Waals surface area contributed by atoms with Gasteiger partial charge in [-0.25, -0.2) is 8.42 Å². The molecule has 0 unspecified atom stereocenters. The van der Waals surface area contributed by atoms with E-state index < -0.39 is 28.5 Å². The van der Waals surface area contributed by atoms with E-state index in [1.165, 1.54) is 17.0 Å². The number of sulfonamides is 1. The largest absolute Gasteiger partial charge is 0.352 e. The minimum absolute atomic E-state index is 0.0515. The molecular formula is C30H35Cl2N3O4S. The van der Waals surface area contributed by atoms with Gasteiger partial charge in [0.25, 0.3) is 10.0 Å². The van der Waals surface area contributed by atoms with E-state index in [1.54, 1.807) is 55.5 Å². The summed E-state index contributed by atoms with van der Waals surface area (Å²) in [5.74, 6) is -0.950. The Morgan fingerprint density at radius 1 is 0.900 bits per heavy atom. The molecule has 1 N–H and O–H groups in total. The first kappa shape index (κ1) is 31.5. The van der Waals surface area contributed by atoms with Crippen molar-refractivity contribution in [1.29, 1.82) is 0 Å². The Balaban J connectivity index is 2.07. The topological polar surface area (TPSA) is 86.8 Å². The molecule has 0 aliphatic carbocycles. The summed E-state index contributed by atoms with van der Waals surface area (Å²) < 4.78 is 28.9. The van der Waals surface area contributed by atoms with Gasteiger partial charge >= 0.3 is 0 Å². The predicted molar refractivity (Wildman–Crippen MR) is 161 cm³/mol. The predicted octanol–water partition coefficient (Wildman–Crippen LogP) is 6.14. The Morgan fingerprint density at radius 3 is 2.08 bits per heavy atom. The van der Waals surface area contributed by atoms with Gasteiger partial charge in [-0.1, -0.05) is 66.0 Å². The van der Waals surface area contributed by atoms with Crippen LogP contribution in [0.2, 0.25) is 10.0 Å². The zero-order valence-corrected chi connectivity index (χ0v) is 25.6. The molecule has 0 fully saturated rings. The Labute approximate surface area is 247 Å². The van der Waals surface area contributed by atoms with E-state index in [0.717, 1.165) is 15.4 Å². The van der Waals surface area contributed by atoms with Crippen molar-refractivity contribution >= 4 is 50.7 Å². The van der Waals surface area contributed by atoms with Gasteiger partial charge in [0, 0.05) is 28.2 Å². The summed E-state index contributed by atoms with van der Waals surface area (Å²) in [6, 6.07) is 17.3. The maximum absolute atomic E-state index is 14.0. The van der Waals surface area contributed by atoms with Gasteiger partial charge in [-0.15, -0.1) is 0 Å². The second-order valence-corrected chi connectivity index (χ2v) is 12.6. The smallest absolute Gasteiger partial charge is 0.264 e. The summed E-state index contributed by atoms with van der Waals surface area (Å²) in [6.45, 7) is 8.50. The van der Waals surface area contributed by atoms with Crippen LogP contribution in [0.25, 0.3) is 0 Å². The third kappa shape index (κ3) is 7.56. The highest BCUT2D eigenvalue weighted by molar-refractivity contribution is 7.92. The zero-order chi connectivity index (χ0) is 29.6. The number of nitrogens with zero attached hydrogens (tertiary/aromatic N) is 2. The maximum Gasteiger partial charge on any atom is 0.264 e. The molecule has 0 bridgehead atoms. The summed E-state index contributed by atoms with van der Waals surface area (Å²) in [6.07, 6.45) is 0.707. The first-order chi connectivity index (χ1) is 18.8. The molecule has 0 heterocycles. The Kier molecular flexibility index (Phi) is 10.6. The van der Waals surface area contributed by atoms with E-state index in [0.29, 0.717) is 27.7 Å². The number of carbonyl (C=O) groups excluding carboxylic acids is 2. The lowest BCUT2D eigenvalue weighted by Crippen LogP contribution is -2.52. The second-order valence-electron chi connectivity index (χ2n) is 9.88. The maximum atomic E-state index is 14.0. The van der Waals surface area contributed by atoms with Gasteiger partial charge in [0.05, 0.1) is 10.6 Å². The number of benzene rings is 3. The van der Waals surface area contributed by atoms with Gasteiger partial charge in [0.15, 0.2) is 0 Å². The minimum Gasteiger partial charge on any atom is -0.352 e. The number of hydrogen-bond donors (Lipinski definition) is 1. The van der Waals surface area contributed by atoms with Crippen molar-refractivity contribution in [2.45, 2.75) is 64.6 Å². The van der Waals surface area contributed by atoms with Gasteiger partial charge < -0.3 is 10.2 Å². The quantitative estimate of drug-likeness (QED) is 0.285. The number of amides is 2. The van der Waals surface area contributed by atoms with Crippen molar-refractivity contribution in [3.05, 3.63) is 93.5 Å². The summed E-state index contributed by atoms with van der Waals surface area (Å²) in [5.41, 5.74) is 2.53. The number of halogens is 2. The molecule has 0 spiro atoms. The number of nitrogens with one attached hydrogen (secondary N) is 1. The van der Waals surface area contributed by atoms with Crippen molar-refractivity contribution in [2.24, 2.45) is 0 Å². The number of anilines is 1. The van der Waals surface area contributed by atoms with Crippen LogP contribution in [0.3, 0.4) is 0 Å². The van der Waals surface area contributed by atoms with E-state index in [1.807, 2.05) is 33.8 Å². The van der Waals surface area contributed by atoms with Gasteiger partial charge in [-0.05, 0) is 76.1 Å². The van der Waals surface area contributed by atoms with E-state index >= 15 is 0 Å². The van der Waals surface area contributed by atoms with Gasteiger partial charge in [0.2, 0.25) is 11.8 Å². The van der Waals surface area contributed by atoms with Crippen LogP contribution in [0.5, 0.6) is 0 Å². The Morgan fingerprint density at radius 2 is 1.50 bits per heavy atom. The SMILES string of the molecule is CC[C@@H](C)NC(=O)[C@H](C)N(Cc1c(Cl)cccc1Cl)C(=O)CN(c1cccc(C)c1)S(=O)(=O)c1ccc(C)cc1. The lowest BCUT2D eigenvalue weighted by Gasteiger charge is -2.33. The van der Waals surface area contributed by atoms with E-state index in [4.69, 9.17) is 23.2 Å². The lowest BCUT2D eigenvalue weighted by atomic mass is 10.1. The molecule has 3 aromatic rings. The molecule has 40 heavy (non-hydrogen) atoms. The summed E-state index contributed by atoms with van der Waals surface area (Å²) in [5, 5.41) is 3.57. The average Bonchev–Trinajstić information content (AvgIpc) is 2.91. The van der Waals surface area contributed by atoms with Gasteiger partial charge in [-0.3, -0.25) is 13.9 Å². The molecule has 10 heteroatoms. The van der Waals surface area contributed by atoms with E-state index in [-0.39, 0.29) is 23.4 Å². The summed E-state index contributed by atoms with van der Waals surface area (Å²) >= 11 is 12.8. The molecule has 0 aromatic heterocycles. The molecule has 0 saturated carbocycles. The summed E-state index contributed by atoms with van der Waals surface area (Å²) in [7, 11) is -4.14. The summed E-state index contributed by atoms with van der Waals surface area (Å²) in [4.78, 5) is 28.6. The van der Waals surface area contributed by atoms with Crippen LogP contribution in [0.1, 0.15) is 43.9 Å². The first-order valence-electron chi connectivity index (χ1n) is 13.0. The normalized spacial score (nSPS) is 12.9. The molecule has 2 amide bonds. The number of aryl methyl sites for hydroxylation is 2. The van der Waals surface area contributed by atoms with Crippen LogP contribution in [0, 0.1) is 13.8 Å². The molecule has 0 radical (unpaired) electrons. The van der Waals surface area contributed by atoms with Crippen LogP contribution in [-0.2, 0) is 26.2 Å². The molecule has 3 aromatic carbocycles. The standard InChI is InChI=1S/C30H35Cl2N3O4S/c1-6-22(4)33-30(37)23(5)34(18-26-27(31)11-8-12-28(26)32)29(36)19-35(24-10-7-9-21(3)17-24)40(38,39)25-15-13-20(2)14-16-25/h7-17,22-23H,6,18-19H2,1-5H3,(H,33,37)/t22-,23+/m1/s1. The Bertz CT molecular complexity index is 1440. The first-order valence-corrected chi connectivity index (χ1v) is 15.2. The zero-order valence-electron chi connectivity index (χ0n) is 23.3. The molecule has 0 saturated heterocycles. The third-order valence-corrected chi connectivity index (χ3v) is 9.23. The molecular weight excluding hydrogens is 569 g/mol. The van der Waals surface area contributed by atoms with Gasteiger partial charge in [-0.2, -0.15) is 0 Å². The highest BCUT2D eigenvalue weighted by Crippen LogP contribution is 2.28. The van der Waals surface area contributed by atoms with E-state index in [9.17, 15) is 18.0 Å². The average molecular weight is 605 g/mol. The van der Waals surface area contributed by atoms with Crippen LogP contribution in [-0.4, -0.2) is 43.8 Å². The van der Waals surface area contributed by atoms with Crippen molar-refractivity contribution in [1.82, 2.24) is 10.2 Å². The molecule has 0 aliphatic heterocycles. The van der Waals surface area contributed by atoms with Crippen LogP contribution in [0.15, 0.2) is 71.6 Å². The monoisotopic (exact) mass is 603 g/mol. The lowest BCUT2D eigenvalue weighted by molar-refractivity contribution is -0.139. The third-order valence-electron chi connectivity index (χ3n) is 6.74. The number of hydrogen-bond acceptors (Lipinski definition) is 4. The van der Waals surface area contributed by atoms with Crippen LogP contribution >= 0.6 is 23.2 Å².